The molecule has 31 heavy (non-hydrogen) atoms. The minimum atomic E-state index is -3.22. The Kier molecular flexibility index (Phi) is 5.97. The molecule has 0 saturated carbocycles. The van der Waals surface area contributed by atoms with Gasteiger partial charge in [-0.05, 0) is 47.7 Å². The summed E-state index contributed by atoms with van der Waals surface area (Å²) >= 11 is 1.51. The minimum Gasteiger partial charge on any atom is -0.487 e. The molecular weight excluding hydrogens is 432 g/mol. The largest absolute Gasteiger partial charge is 0.487 e. The second-order valence-corrected chi connectivity index (χ2v) is 10.8. The van der Waals surface area contributed by atoms with Crippen molar-refractivity contribution in [2.75, 3.05) is 11.6 Å². The first-order valence-corrected chi connectivity index (χ1v) is 12.7. The lowest BCUT2D eigenvalue weighted by Crippen LogP contribution is -2.01. The van der Waals surface area contributed by atoms with E-state index in [1.807, 2.05) is 11.4 Å². The van der Waals surface area contributed by atoms with Gasteiger partial charge in [-0.1, -0.05) is 26.0 Å². The SMILES string of the molecule is CC(C)Cc1cc(OCc2ccc(S(C)(=O)=O)cc2)c2[nH]nc(Nc3nccs3)c2c1. The van der Waals surface area contributed by atoms with Crippen molar-refractivity contribution in [3.63, 3.8) is 0 Å². The summed E-state index contributed by atoms with van der Waals surface area (Å²) in [7, 11) is -3.22. The molecule has 162 valence electrons. The van der Waals surface area contributed by atoms with Crippen molar-refractivity contribution in [2.45, 2.75) is 31.8 Å². The number of ether oxygens (including phenoxy) is 1. The molecule has 2 aromatic heterocycles. The summed E-state index contributed by atoms with van der Waals surface area (Å²) in [6.07, 6.45) is 3.86. The van der Waals surface area contributed by atoms with Gasteiger partial charge < -0.3 is 10.1 Å². The van der Waals surface area contributed by atoms with E-state index in [1.54, 1.807) is 30.5 Å². The number of hydrogen-bond acceptors (Lipinski definition) is 7. The smallest absolute Gasteiger partial charge is 0.188 e. The van der Waals surface area contributed by atoms with Gasteiger partial charge in [0.25, 0.3) is 0 Å². The van der Waals surface area contributed by atoms with Gasteiger partial charge in [-0.25, -0.2) is 13.4 Å². The number of hydrogen-bond donors (Lipinski definition) is 2. The number of sulfone groups is 1. The average molecular weight is 457 g/mol. The van der Waals surface area contributed by atoms with Gasteiger partial charge in [-0.3, -0.25) is 5.10 Å². The van der Waals surface area contributed by atoms with Crippen LogP contribution in [0.4, 0.5) is 10.9 Å². The van der Waals surface area contributed by atoms with E-state index in [0.717, 1.165) is 33.6 Å². The Morgan fingerprint density at radius 2 is 1.94 bits per heavy atom. The number of aromatic nitrogens is 3. The Balaban J connectivity index is 1.63. The van der Waals surface area contributed by atoms with E-state index in [9.17, 15) is 8.42 Å². The number of nitrogens with zero attached hydrogens (tertiary/aromatic N) is 2. The van der Waals surface area contributed by atoms with Crippen LogP contribution in [0.5, 0.6) is 5.75 Å². The van der Waals surface area contributed by atoms with Crippen molar-refractivity contribution in [3.05, 3.63) is 59.1 Å². The highest BCUT2D eigenvalue weighted by molar-refractivity contribution is 7.90. The van der Waals surface area contributed by atoms with Crippen LogP contribution in [0.2, 0.25) is 0 Å². The van der Waals surface area contributed by atoms with Gasteiger partial charge in [-0.15, -0.1) is 11.3 Å². The van der Waals surface area contributed by atoms with Gasteiger partial charge in [0.15, 0.2) is 20.8 Å². The van der Waals surface area contributed by atoms with Crippen molar-refractivity contribution in [1.82, 2.24) is 15.2 Å². The van der Waals surface area contributed by atoms with Crippen LogP contribution in [-0.2, 0) is 22.9 Å². The van der Waals surface area contributed by atoms with Crippen LogP contribution in [0.1, 0.15) is 25.0 Å². The fourth-order valence-electron chi connectivity index (χ4n) is 3.33. The molecule has 9 heteroatoms. The molecule has 0 amide bonds. The van der Waals surface area contributed by atoms with Crippen LogP contribution in [0, 0.1) is 5.92 Å². The summed E-state index contributed by atoms with van der Waals surface area (Å²) in [5.41, 5.74) is 2.85. The lowest BCUT2D eigenvalue weighted by atomic mass is 10.0. The zero-order valence-corrected chi connectivity index (χ0v) is 19.2. The number of thiazole rings is 1. The van der Waals surface area contributed by atoms with Gasteiger partial charge in [0.1, 0.15) is 17.9 Å². The molecule has 2 heterocycles. The van der Waals surface area contributed by atoms with Crippen molar-refractivity contribution in [2.24, 2.45) is 5.92 Å². The maximum Gasteiger partial charge on any atom is 0.188 e. The summed E-state index contributed by atoms with van der Waals surface area (Å²) in [5.74, 6) is 1.91. The van der Waals surface area contributed by atoms with E-state index in [-0.39, 0.29) is 0 Å². The monoisotopic (exact) mass is 456 g/mol. The van der Waals surface area contributed by atoms with Crippen LogP contribution < -0.4 is 10.1 Å². The molecular formula is C22H24N4O3S2. The molecule has 0 fully saturated rings. The fourth-order valence-corrected chi connectivity index (χ4v) is 4.48. The number of aromatic amines is 1. The maximum absolute atomic E-state index is 11.7. The van der Waals surface area contributed by atoms with E-state index >= 15 is 0 Å². The Morgan fingerprint density at radius 1 is 1.16 bits per heavy atom. The molecule has 0 unspecified atom stereocenters. The number of rotatable bonds is 8. The van der Waals surface area contributed by atoms with E-state index < -0.39 is 9.84 Å². The molecule has 0 spiro atoms. The molecule has 2 aromatic carbocycles. The number of benzene rings is 2. The van der Waals surface area contributed by atoms with Gasteiger partial charge in [-0.2, -0.15) is 5.10 Å². The predicted molar refractivity (Wildman–Crippen MR) is 124 cm³/mol. The summed E-state index contributed by atoms with van der Waals surface area (Å²) in [6, 6.07) is 10.9. The molecule has 2 N–H and O–H groups in total. The lowest BCUT2D eigenvalue weighted by Gasteiger charge is -2.12. The Hall–Kier alpha value is -2.91. The third-order valence-electron chi connectivity index (χ3n) is 4.74. The Labute approximate surface area is 185 Å². The molecule has 0 radical (unpaired) electrons. The number of H-pyrrole nitrogens is 1. The topological polar surface area (TPSA) is 97.0 Å². The Morgan fingerprint density at radius 3 is 2.58 bits per heavy atom. The van der Waals surface area contributed by atoms with Gasteiger partial charge in [0.2, 0.25) is 0 Å². The second kappa shape index (κ2) is 8.68. The standard InChI is InChI=1S/C22H24N4O3S2/c1-14(2)10-16-11-18-20(25-26-21(18)24-22-23-8-9-30-22)19(12-16)29-13-15-4-6-17(7-5-15)31(3,27)28/h4-9,11-12,14H,10,13H2,1-3H3,(H2,23,24,25,26). The summed E-state index contributed by atoms with van der Waals surface area (Å²) in [4.78, 5) is 4.57. The van der Waals surface area contributed by atoms with E-state index in [2.05, 4.69) is 40.4 Å². The molecule has 0 aliphatic heterocycles. The zero-order chi connectivity index (χ0) is 22.0. The fraction of sp³-hybridized carbons (Fsp3) is 0.273. The van der Waals surface area contributed by atoms with Crippen LogP contribution in [0.25, 0.3) is 10.9 Å². The van der Waals surface area contributed by atoms with Gasteiger partial charge in [0.05, 0.1) is 4.90 Å². The molecule has 0 atom stereocenters. The van der Waals surface area contributed by atoms with Gasteiger partial charge in [0, 0.05) is 23.2 Å². The highest BCUT2D eigenvalue weighted by atomic mass is 32.2. The summed E-state index contributed by atoms with van der Waals surface area (Å²) < 4.78 is 29.5. The third-order valence-corrected chi connectivity index (χ3v) is 6.56. The van der Waals surface area contributed by atoms with Crippen LogP contribution in [0.3, 0.4) is 0 Å². The molecule has 7 nitrogen and oxygen atoms in total. The van der Waals surface area contributed by atoms with Crippen LogP contribution >= 0.6 is 11.3 Å². The third kappa shape index (κ3) is 5.05. The number of nitrogens with one attached hydrogen (secondary N) is 2. The zero-order valence-electron chi connectivity index (χ0n) is 17.5. The Bertz CT molecular complexity index is 1280. The number of fused-ring (bicyclic) bond motifs is 1. The quantitative estimate of drug-likeness (QED) is 0.390. The minimum absolute atomic E-state index is 0.295. The van der Waals surface area contributed by atoms with Crippen LogP contribution in [0.15, 0.2) is 52.9 Å². The molecule has 0 saturated heterocycles. The number of anilines is 2. The first-order valence-electron chi connectivity index (χ1n) is 9.89. The van der Waals surface area contributed by atoms with Crippen molar-refractivity contribution >= 4 is 43.0 Å². The van der Waals surface area contributed by atoms with Crippen LogP contribution in [-0.4, -0.2) is 29.9 Å². The first-order chi connectivity index (χ1) is 14.8. The van der Waals surface area contributed by atoms with E-state index in [4.69, 9.17) is 4.74 Å². The van der Waals surface area contributed by atoms with Gasteiger partial charge >= 0.3 is 0 Å². The average Bonchev–Trinajstić information content (AvgIpc) is 3.36. The normalized spacial score (nSPS) is 11.9. The lowest BCUT2D eigenvalue weighted by molar-refractivity contribution is 0.309. The van der Waals surface area contributed by atoms with Crippen molar-refractivity contribution in [1.29, 1.82) is 0 Å². The second-order valence-electron chi connectivity index (χ2n) is 7.85. The summed E-state index contributed by atoms with van der Waals surface area (Å²) in [5, 5.41) is 14.4. The maximum atomic E-state index is 11.7. The molecule has 4 aromatic rings. The first kappa shape index (κ1) is 21.3. The highest BCUT2D eigenvalue weighted by Gasteiger charge is 2.15. The van der Waals surface area contributed by atoms with E-state index in [0.29, 0.717) is 29.0 Å². The predicted octanol–water partition coefficient (Wildman–Crippen LogP) is 4.94. The van der Waals surface area contributed by atoms with E-state index in [1.165, 1.54) is 17.6 Å². The molecule has 4 rings (SSSR count). The summed E-state index contributed by atoms with van der Waals surface area (Å²) in [6.45, 7) is 4.68. The molecule has 0 aliphatic rings. The molecule has 0 bridgehead atoms. The van der Waals surface area contributed by atoms with Crippen molar-refractivity contribution in [3.8, 4) is 5.75 Å². The van der Waals surface area contributed by atoms with Crippen molar-refractivity contribution < 1.29 is 13.2 Å². The molecule has 0 aliphatic carbocycles. The highest BCUT2D eigenvalue weighted by Crippen LogP contribution is 2.33.